The first-order valence-electron chi connectivity index (χ1n) is 7.07. The molecule has 1 aromatic carbocycles. The third-order valence-corrected chi connectivity index (χ3v) is 4.20. The van der Waals surface area contributed by atoms with E-state index in [2.05, 4.69) is 0 Å². The molecular weight excluding hydrogens is 276 g/mol. The number of ether oxygens (including phenoxy) is 1. The molecule has 20 heavy (non-hydrogen) atoms. The molecule has 0 saturated heterocycles. The van der Waals surface area contributed by atoms with Gasteiger partial charge in [-0.15, -0.1) is 0 Å². The summed E-state index contributed by atoms with van der Waals surface area (Å²) in [5.74, 6) is -0.106. The smallest absolute Gasteiger partial charge is 0.304 e. The summed E-state index contributed by atoms with van der Waals surface area (Å²) >= 11 is 6.28. The van der Waals surface area contributed by atoms with Gasteiger partial charge >= 0.3 is 5.97 Å². The zero-order chi connectivity index (χ0) is 14.8. The number of hydrogen-bond donors (Lipinski definition) is 1. The molecule has 0 bridgehead atoms. The van der Waals surface area contributed by atoms with Crippen LogP contribution in [0.2, 0.25) is 5.02 Å². The highest BCUT2D eigenvalue weighted by Crippen LogP contribution is 2.35. The summed E-state index contributed by atoms with van der Waals surface area (Å²) in [6, 6.07) is 5.60. The van der Waals surface area contributed by atoms with Crippen molar-refractivity contribution in [3.63, 3.8) is 0 Å². The number of halogens is 1. The summed E-state index contributed by atoms with van der Waals surface area (Å²) in [5, 5.41) is 9.53. The Morgan fingerprint density at radius 2 is 2.05 bits per heavy atom. The van der Waals surface area contributed by atoms with Gasteiger partial charge in [-0.25, -0.2) is 0 Å². The molecule has 1 aliphatic rings. The van der Waals surface area contributed by atoms with Crippen molar-refractivity contribution in [2.45, 2.75) is 57.5 Å². The molecule has 0 heterocycles. The topological polar surface area (TPSA) is 46.5 Å². The molecule has 0 aromatic heterocycles. The van der Waals surface area contributed by atoms with Gasteiger partial charge in [-0.1, -0.05) is 31.5 Å². The summed E-state index contributed by atoms with van der Waals surface area (Å²) in [5.41, 5.74) is 0.477. The Balaban J connectivity index is 2.14. The maximum atomic E-state index is 10.9. The summed E-state index contributed by atoms with van der Waals surface area (Å²) < 4.78 is 5.91. The Bertz CT molecular complexity index is 490. The van der Waals surface area contributed by atoms with Crippen LogP contribution in [-0.4, -0.2) is 17.2 Å². The van der Waals surface area contributed by atoms with E-state index < -0.39 is 11.4 Å². The van der Waals surface area contributed by atoms with Gasteiger partial charge in [-0.05, 0) is 43.4 Å². The van der Waals surface area contributed by atoms with Gasteiger partial charge in [0.15, 0.2) is 0 Å². The van der Waals surface area contributed by atoms with E-state index in [1.54, 1.807) is 0 Å². The highest BCUT2D eigenvalue weighted by atomic mass is 35.5. The van der Waals surface area contributed by atoms with Crippen LogP contribution in [0.4, 0.5) is 0 Å². The molecular formula is C16H21ClO3. The summed E-state index contributed by atoms with van der Waals surface area (Å²) in [6.45, 7) is 3.81. The first-order valence-corrected chi connectivity index (χ1v) is 7.45. The van der Waals surface area contributed by atoms with Crippen molar-refractivity contribution in [1.29, 1.82) is 0 Å². The second-order valence-corrected chi connectivity index (χ2v) is 6.53. The van der Waals surface area contributed by atoms with Crippen LogP contribution in [0.25, 0.3) is 0 Å². The molecule has 110 valence electrons. The fourth-order valence-electron chi connectivity index (χ4n) is 2.68. The molecule has 1 aromatic rings. The SMILES string of the molecule is CC(C)(CC(=O)O)c1ccc(OC2CCCC2)c(Cl)c1. The molecule has 1 saturated carbocycles. The van der Waals surface area contributed by atoms with Crippen LogP contribution in [-0.2, 0) is 10.2 Å². The Hall–Kier alpha value is -1.22. The number of rotatable bonds is 5. The number of aliphatic carboxylic acids is 1. The van der Waals surface area contributed by atoms with Crippen molar-refractivity contribution >= 4 is 17.6 Å². The van der Waals surface area contributed by atoms with E-state index >= 15 is 0 Å². The van der Waals surface area contributed by atoms with Crippen molar-refractivity contribution in [1.82, 2.24) is 0 Å². The molecule has 1 aliphatic carbocycles. The van der Waals surface area contributed by atoms with Crippen molar-refractivity contribution in [3.05, 3.63) is 28.8 Å². The van der Waals surface area contributed by atoms with Gasteiger partial charge in [0, 0.05) is 5.41 Å². The number of carbonyl (C=O) groups is 1. The van der Waals surface area contributed by atoms with Gasteiger partial charge in [0.2, 0.25) is 0 Å². The molecule has 0 unspecified atom stereocenters. The van der Waals surface area contributed by atoms with Crippen LogP contribution in [0.15, 0.2) is 18.2 Å². The van der Waals surface area contributed by atoms with Crippen molar-refractivity contribution in [3.8, 4) is 5.75 Å². The van der Waals surface area contributed by atoms with Gasteiger partial charge in [0.05, 0.1) is 17.5 Å². The monoisotopic (exact) mass is 296 g/mol. The first-order chi connectivity index (χ1) is 9.38. The van der Waals surface area contributed by atoms with Crippen molar-refractivity contribution < 1.29 is 14.6 Å². The normalized spacial score (nSPS) is 16.4. The third kappa shape index (κ3) is 3.66. The lowest BCUT2D eigenvalue weighted by molar-refractivity contribution is -0.138. The predicted octanol–water partition coefficient (Wildman–Crippen LogP) is 4.41. The lowest BCUT2D eigenvalue weighted by atomic mass is 9.81. The zero-order valence-corrected chi connectivity index (χ0v) is 12.7. The highest BCUT2D eigenvalue weighted by Gasteiger charge is 2.25. The Morgan fingerprint density at radius 1 is 1.40 bits per heavy atom. The molecule has 1 N–H and O–H groups in total. The van der Waals surface area contributed by atoms with Gasteiger partial charge < -0.3 is 9.84 Å². The van der Waals surface area contributed by atoms with Gasteiger partial charge in [-0.2, -0.15) is 0 Å². The fraction of sp³-hybridized carbons (Fsp3) is 0.562. The van der Waals surface area contributed by atoms with Crippen LogP contribution in [0.1, 0.15) is 51.5 Å². The Kier molecular flexibility index (Phi) is 4.59. The molecule has 0 spiro atoms. The van der Waals surface area contributed by atoms with E-state index in [0.29, 0.717) is 10.8 Å². The van der Waals surface area contributed by atoms with E-state index in [0.717, 1.165) is 18.4 Å². The molecule has 0 atom stereocenters. The molecule has 1 fully saturated rings. The third-order valence-electron chi connectivity index (χ3n) is 3.90. The molecule has 4 heteroatoms. The lowest BCUT2D eigenvalue weighted by Crippen LogP contribution is -2.21. The average Bonchev–Trinajstić information content (AvgIpc) is 2.82. The quantitative estimate of drug-likeness (QED) is 0.875. The summed E-state index contributed by atoms with van der Waals surface area (Å²) in [7, 11) is 0. The standard InChI is InChI=1S/C16H21ClO3/c1-16(2,10-15(18)19)11-7-8-14(13(17)9-11)20-12-5-3-4-6-12/h7-9,12H,3-6,10H2,1-2H3,(H,18,19). The van der Waals surface area contributed by atoms with E-state index in [1.165, 1.54) is 12.8 Å². The summed E-state index contributed by atoms with van der Waals surface area (Å²) in [4.78, 5) is 10.9. The first kappa shape index (κ1) is 15.2. The number of carboxylic acid groups (broad SMARTS) is 1. The molecule has 0 aliphatic heterocycles. The minimum Gasteiger partial charge on any atom is -0.489 e. The van der Waals surface area contributed by atoms with E-state index in [-0.39, 0.29) is 12.5 Å². The maximum absolute atomic E-state index is 10.9. The van der Waals surface area contributed by atoms with Crippen LogP contribution in [0.5, 0.6) is 5.75 Å². The average molecular weight is 297 g/mol. The number of carboxylic acids is 1. The van der Waals surface area contributed by atoms with Gasteiger partial charge in [-0.3, -0.25) is 4.79 Å². The van der Waals surface area contributed by atoms with E-state index in [9.17, 15) is 4.79 Å². The molecule has 2 rings (SSSR count). The maximum Gasteiger partial charge on any atom is 0.304 e. The van der Waals surface area contributed by atoms with Gasteiger partial charge in [0.1, 0.15) is 5.75 Å². The largest absolute Gasteiger partial charge is 0.489 e. The second kappa shape index (κ2) is 6.04. The van der Waals surface area contributed by atoms with Crippen molar-refractivity contribution in [2.75, 3.05) is 0 Å². The predicted molar refractivity (Wildman–Crippen MR) is 79.6 cm³/mol. The summed E-state index contributed by atoms with van der Waals surface area (Å²) in [6.07, 6.45) is 4.94. The number of hydrogen-bond acceptors (Lipinski definition) is 2. The lowest BCUT2D eigenvalue weighted by Gasteiger charge is -2.24. The van der Waals surface area contributed by atoms with Crippen LogP contribution < -0.4 is 4.74 Å². The zero-order valence-electron chi connectivity index (χ0n) is 12.0. The van der Waals surface area contributed by atoms with E-state index in [4.69, 9.17) is 21.4 Å². The van der Waals surface area contributed by atoms with Crippen LogP contribution >= 0.6 is 11.6 Å². The number of benzene rings is 1. The van der Waals surface area contributed by atoms with Crippen LogP contribution in [0, 0.1) is 0 Å². The van der Waals surface area contributed by atoms with Crippen LogP contribution in [0.3, 0.4) is 0 Å². The Morgan fingerprint density at radius 3 is 2.60 bits per heavy atom. The Labute approximate surface area is 124 Å². The second-order valence-electron chi connectivity index (χ2n) is 6.12. The molecule has 0 amide bonds. The minimum absolute atomic E-state index is 0.0756. The minimum atomic E-state index is -0.808. The molecule has 3 nitrogen and oxygen atoms in total. The fourth-order valence-corrected chi connectivity index (χ4v) is 2.91. The van der Waals surface area contributed by atoms with Crippen molar-refractivity contribution in [2.24, 2.45) is 0 Å². The molecule has 0 radical (unpaired) electrons. The highest BCUT2D eigenvalue weighted by molar-refractivity contribution is 6.32. The van der Waals surface area contributed by atoms with E-state index in [1.807, 2.05) is 32.0 Å². The van der Waals surface area contributed by atoms with Gasteiger partial charge in [0.25, 0.3) is 0 Å².